The van der Waals surface area contributed by atoms with E-state index in [4.69, 9.17) is 0 Å². The maximum atomic E-state index is 2.24. The molecule has 0 bridgehead atoms. The number of aryl methyl sites for hydroxylation is 1. The van der Waals surface area contributed by atoms with E-state index in [2.05, 4.69) is 18.8 Å². The predicted molar refractivity (Wildman–Crippen MR) is 36.1 cm³/mol. The van der Waals surface area contributed by atoms with Gasteiger partial charge in [0.2, 0.25) is 0 Å². The molecule has 36 valence electrons. The van der Waals surface area contributed by atoms with Gasteiger partial charge in [0.15, 0.2) is 0 Å². The Balaban J connectivity index is 3.12. The minimum absolute atomic E-state index is 0.984. The molecular formula is C5H6PSb. The van der Waals surface area contributed by atoms with Gasteiger partial charge in [-0.25, -0.2) is 0 Å². The Morgan fingerprint density at radius 3 is 2.57 bits per heavy atom. The van der Waals surface area contributed by atoms with Crippen molar-refractivity contribution in [3.8, 4) is 0 Å². The van der Waals surface area contributed by atoms with Gasteiger partial charge in [0.1, 0.15) is 0 Å². The Kier molecular flexibility index (Phi) is 1.84. The van der Waals surface area contributed by atoms with E-state index in [1.807, 2.05) is 23.0 Å². The first-order chi connectivity index (χ1) is 3.30. The average molecular weight is 219 g/mol. The second-order valence-electron chi connectivity index (χ2n) is 1.51. The van der Waals surface area contributed by atoms with Gasteiger partial charge in [0.05, 0.1) is 0 Å². The summed E-state index contributed by atoms with van der Waals surface area (Å²) in [4.78, 5) is 0. The third-order valence-corrected chi connectivity index (χ3v) is 4.04. The van der Waals surface area contributed by atoms with Crippen molar-refractivity contribution in [3.63, 3.8) is 0 Å². The molecule has 0 N–H and O–H groups in total. The third kappa shape index (κ3) is 1.24. The molecule has 1 aromatic rings. The molecule has 1 unspecified atom stereocenters. The molecule has 0 aromatic carbocycles. The van der Waals surface area contributed by atoms with Gasteiger partial charge < -0.3 is 0 Å². The fourth-order valence-corrected chi connectivity index (χ4v) is 2.09. The van der Waals surface area contributed by atoms with Crippen LogP contribution in [0.3, 0.4) is 0 Å². The molecule has 2 radical (unpaired) electrons. The van der Waals surface area contributed by atoms with Crippen LogP contribution in [0.1, 0.15) is 5.56 Å². The van der Waals surface area contributed by atoms with Gasteiger partial charge >= 0.3 is 58.8 Å². The van der Waals surface area contributed by atoms with Crippen LogP contribution in [0.2, 0.25) is 0 Å². The molecule has 0 aliphatic carbocycles. The molecule has 1 heterocycles. The van der Waals surface area contributed by atoms with Crippen LogP contribution in [0.5, 0.6) is 0 Å². The van der Waals surface area contributed by atoms with E-state index >= 15 is 0 Å². The Morgan fingerprint density at radius 2 is 2.43 bits per heavy atom. The van der Waals surface area contributed by atoms with Crippen LogP contribution in [-0.2, 0) is 0 Å². The summed E-state index contributed by atoms with van der Waals surface area (Å²) >= 11 is 1.86. The SMILES string of the molecule is Cc1cc[pH][c]1[Sb]. The second-order valence-corrected chi connectivity index (χ2v) is 5.16. The van der Waals surface area contributed by atoms with E-state index in [0.29, 0.717) is 0 Å². The molecule has 0 nitrogen and oxygen atoms in total. The van der Waals surface area contributed by atoms with Gasteiger partial charge in [0.25, 0.3) is 0 Å². The van der Waals surface area contributed by atoms with E-state index in [1.54, 1.807) is 3.24 Å². The third-order valence-electron chi connectivity index (χ3n) is 0.927. The molecule has 1 rings (SSSR count). The van der Waals surface area contributed by atoms with Gasteiger partial charge in [-0.3, -0.25) is 0 Å². The van der Waals surface area contributed by atoms with Crippen LogP contribution in [0.15, 0.2) is 11.9 Å². The van der Waals surface area contributed by atoms with Crippen LogP contribution < -0.4 is 3.24 Å². The predicted octanol–water partition coefficient (Wildman–Crippen LogP) is 0.820. The zero-order valence-corrected chi connectivity index (χ0v) is 7.65. The van der Waals surface area contributed by atoms with Crippen LogP contribution in [0.25, 0.3) is 0 Å². The molecule has 0 amide bonds. The maximum absolute atomic E-state index is 2.24. The number of hydrogen-bond donors (Lipinski definition) is 0. The summed E-state index contributed by atoms with van der Waals surface area (Å²) in [6.07, 6.45) is 0. The molecule has 7 heavy (non-hydrogen) atoms. The van der Waals surface area contributed by atoms with E-state index in [9.17, 15) is 0 Å². The molecule has 0 spiro atoms. The number of hydrogen-bond acceptors (Lipinski definition) is 0. The van der Waals surface area contributed by atoms with Crippen molar-refractivity contribution >= 4 is 34.5 Å². The first-order valence-electron chi connectivity index (χ1n) is 2.13. The van der Waals surface area contributed by atoms with Crippen molar-refractivity contribution in [2.75, 3.05) is 0 Å². The van der Waals surface area contributed by atoms with Gasteiger partial charge in [-0.2, -0.15) is 0 Å². The van der Waals surface area contributed by atoms with Crippen molar-refractivity contribution in [2.45, 2.75) is 6.92 Å². The summed E-state index contributed by atoms with van der Waals surface area (Å²) in [6, 6.07) is 2.20. The zero-order chi connectivity index (χ0) is 5.28. The summed E-state index contributed by atoms with van der Waals surface area (Å²) in [5.41, 5.74) is 1.48. The Bertz CT molecular complexity index is 140. The second kappa shape index (κ2) is 2.24. The van der Waals surface area contributed by atoms with Gasteiger partial charge in [-0.05, 0) is 0 Å². The molecule has 0 saturated heterocycles. The van der Waals surface area contributed by atoms with Crippen molar-refractivity contribution in [3.05, 3.63) is 17.4 Å². The van der Waals surface area contributed by atoms with E-state index in [1.165, 1.54) is 5.56 Å². The molecule has 1 atom stereocenters. The van der Waals surface area contributed by atoms with Gasteiger partial charge in [-0.1, -0.05) is 0 Å². The molecular weight excluding hydrogens is 213 g/mol. The van der Waals surface area contributed by atoms with Crippen molar-refractivity contribution in [1.29, 1.82) is 0 Å². The fourth-order valence-electron chi connectivity index (χ4n) is 0.438. The Morgan fingerprint density at radius 1 is 1.71 bits per heavy atom. The molecule has 2 heteroatoms. The molecule has 1 aromatic heterocycles. The van der Waals surface area contributed by atoms with E-state index in [0.717, 1.165) is 8.19 Å². The first kappa shape index (κ1) is 5.73. The van der Waals surface area contributed by atoms with Crippen LogP contribution >= 0.6 is 8.19 Å². The first-order valence-corrected chi connectivity index (χ1v) is 4.49. The average Bonchev–Trinajstić information content (AvgIpc) is 1.91. The summed E-state index contributed by atoms with van der Waals surface area (Å²) < 4.78 is 1.59. The van der Waals surface area contributed by atoms with Crippen LogP contribution in [0.4, 0.5) is 0 Å². The standard InChI is InChI=1S/C5H6P.Sb/c1-5-2-3-6-4-5;/h2-3,6H,1H3;. The van der Waals surface area contributed by atoms with Crippen molar-refractivity contribution < 1.29 is 0 Å². The summed E-state index contributed by atoms with van der Waals surface area (Å²) in [7, 11) is 0.984. The summed E-state index contributed by atoms with van der Waals surface area (Å²) in [5.74, 6) is 2.24. The van der Waals surface area contributed by atoms with Crippen molar-refractivity contribution in [1.82, 2.24) is 0 Å². The zero-order valence-electron chi connectivity index (χ0n) is 4.10. The normalized spacial score (nSPS) is 10.6. The minimum atomic E-state index is 0.984. The molecule has 0 aliphatic heterocycles. The number of rotatable bonds is 0. The van der Waals surface area contributed by atoms with Gasteiger partial charge in [0, 0.05) is 0 Å². The molecule has 0 saturated carbocycles. The van der Waals surface area contributed by atoms with Gasteiger partial charge in [-0.15, -0.1) is 0 Å². The topological polar surface area (TPSA) is 0 Å². The Labute approximate surface area is 58.9 Å². The molecule has 0 aliphatic rings. The van der Waals surface area contributed by atoms with Crippen LogP contribution in [-0.4, -0.2) is 23.0 Å². The monoisotopic (exact) mass is 218 g/mol. The van der Waals surface area contributed by atoms with Crippen LogP contribution in [0, 0.1) is 6.92 Å². The Hall–Kier alpha value is 0.598. The van der Waals surface area contributed by atoms with Crippen molar-refractivity contribution in [2.24, 2.45) is 0 Å². The van der Waals surface area contributed by atoms with E-state index < -0.39 is 0 Å². The molecule has 0 fully saturated rings. The summed E-state index contributed by atoms with van der Waals surface area (Å²) in [6.45, 7) is 2.17. The quantitative estimate of drug-likeness (QED) is 0.566. The fraction of sp³-hybridized carbons (Fsp3) is 0.200. The summed E-state index contributed by atoms with van der Waals surface area (Å²) in [5, 5.41) is 0. The van der Waals surface area contributed by atoms with E-state index in [-0.39, 0.29) is 0 Å².